The number of aromatic nitrogens is 1. The molecule has 8 aromatic rings. The Morgan fingerprint density at radius 2 is 0.932 bits per heavy atom. The van der Waals surface area contributed by atoms with Gasteiger partial charge in [0.1, 0.15) is 11.1 Å². The molecule has 0 bridgehead atoms. The molecule has 208 valence electrons. The summed E-state index contributed by atoms with van der Waals surface area (Å²) in [5, 5.41) is 0.992. The topological polar surface area (TPSA) is 29.3 Å². The van der Waals surface area contributed by atoms with E-state index in [1.807, 2.05) is 24.4 Å². The van der Waals surface area contributed by atoms with E-state index in [-0.39, 0.29) is 0 Å². The van der Waals surface area contributed by atoms with Gasteiger partial charge in [0.25, 0.3) is 0 Å². The molecular formula is C41H28N2O. The zero-order valence-electron chi connectivity index (χ0n) is 24.0. The quantitative estimate of drug-likeness (QED) is 0.201. The molecule has 0 spiro atoms. The fourth-order valence-electron chi connectivity index (χ4n) is 5.94. The molecular weight excluding hydrogens is 536 g/mol. The molecule has 0 aliphatic heterocycles. The molecule has 0 aliphatic rings. The highest BCUT2D eigenvalue weighted by atomic mass is 16.3. The van der Waals surface area contributed by atoms with Crippen LogP contribution in [0.15, 0.2) is 174 Å². The molecule has 0 saturated heterocycles. The molecule has 3 nitrogen and oxygen atoms in total. The van der Waals surface area contributed by atoms with Gasteiger partial charge in [0.2, 0.25) is 0 Å². The van der Waals surface area contributed by atoms with Crippen molar-refractivity contribution < 1.29 is 4.42 Å². The van der Waals surface area contributed by atoms with E-state index in [0.717, 1.165) is 50.3 Å². The van der Waals surface area contributed by atoms with Crippen LogP contribution < -0.4 is 4.90 Å². The van der Waals surface area contributed by atoms with Crippen molar-refractivity contribution in [1.29, 1.82) is 0 Å². The van der Waals surface area contributed by atoms with Crippen molar-refractivity contribution >= 4 is 39.1 Å². The van der Waals surface area contributed by atoms with Crippen LogP contribution in [-0.4, -0.2) is 4.98 Å². The molecule has 2 aromatic heterocycles. The van der Waals surface area contributed by atoms with Crippen molar-refractivity contribution in [3.8, 4) is 33.4 Å². The molecule has 0 N–H and O–H groups in total. The van der Waals surface area contributed by atoms with Gasteiger partial charge in [-0.2, -0.15) is 0 Å². The summed E-state index contributed by atoms with van der Waals surface area (Å²) >= 11 is 0. The predicted molar refractivity (Wildman–Crippen MR) is 183 cm³/mol. The average molecular weight is 565 g/mol. The number of hydrogen-bond donors (Lipinski definition) is 0. The first kappa shape index (κ1) is 25.8. The fraction of sp³-hybridized carbons (Fsp3) is 0. The van der Waals surface area contributed by atoms with Gasteiger partial charge in [0.05, 0.1) is 0 Å². The Morgan fingerprint density at radius 3 is 1.55 bits per heavy atom. The SMILES string of the molecule is c1ccc(-c2ccc(N(c3cc(-c4ccccc4)cc(-c4ccccc4)c3)c3ccc4oc5cccnc5c4c3)cc2)cc1. The summed E-state index contributed by atoms with van der Waals surface area (Å²) < 4.78 is 6.14. The molecule has 8 rings (SSSR count). The summed E-state index contributed by atoms with van der Waals surface area (Å²) in [5.41, 5.74) is 12.7. The third-order valence-electron chi connectivity index (χ3n) is 8.09. The van der Waals surface area contributed by atoms with E-state index < -0.39 is 0 Å². The zero-order chi connectivity index (χ0) is 29.3. The number of rotatable bonds is 6. The summed E-state index contributed by atoms with van der Waals surface area (Å²) in [6.45, 7) is 0. The predicted octanol–water partition coefficient (Wildman–Crippen LogP) is 11.5. The molecule has 0 fully saturated rings. The van der Waals surface area contributed by atoms with Gasteiger partial charge in [-0.25, -0.2) is 0 Å². The van der Waals surface area contributed by atoms with Crippen molar-refractivity contribution in [3.05, 3.63) is 170 Å². The maximum absolute atomic E-state index is 6.14. The Balaban J connectivity index is 1.35. The second-order valence-electron chi connectivity index (χ2n) is 10.9. The highest BCUT2D eigenvalue weighted by Gasteiger charge is 2.18. The van der Waals surface area contributed by atoms with Gasteiger partial charge in [-0.15, -0.1) is 0 Å². The lowest BCUT2D eigenvalue weighted by Gasteiger charge is -2.27. The van der Waals surface area contributed by atoms with Crippen LogP contribution in [-0.2, 0) is 0 Å². The molecule has 0 aliphatic carbocycles. The summed E-state index contributed by atoms with van der Waals surface area (Å²) in [6, 6.07) is 57.6. The number of pyridine rings is 1. The van der Waals surface area contributed by atoms with Gasteiger partial charge in [0, 0.05) is 28.6 Å². The first-order chi connectivity index (χ1) is 21.8. The van der Waals surface area contributed by atoms with Gasteiger partial charge in [-0.05, 0) is 94.0 Å². The minimum Gasteiger partial charge on any atom is -0.454 e. The molecule has 0 atom stereocenters. The summed E-state index contributed by atoms with van der Waals surface area (Å²) in [4.78, 5) is 6.98. The number of furan rings is 1. The Kier molecular flexibility index (Phi) is 6.47. The Morgan fingerprint density at radius 1 is 0.386 bits per heavy atom. The van der Waals surface area contributed by atoms with Crippen LogP contribution in [0.4, 0.5) is 17.1 Å². The van der Waals surface area contributed by atoms with Crippen molar-refractivity contribution in [3.63, 3.8) is 0 Å². The molecule has 2 heterocycles. The normalized spacial score (nSPS) is 11.2. The first-order valence-corrected chi connectivity index (χ1v) is 14.8. The third-order valence-corrected chi connectivity index (χ3v) is 8.09. The maximum atomic E-state index is 6.14. The van der Waals surface area contributed by atoms with Crippen molar-refractivity contribution in [2.24, 2.45) is 0 Å². The lowest BCUT2D eigenvalue weighted by molar-refractivity contribution is 0.668. The van der Waals surface area contributed by atoms with Crippen molar-refractivity contribution in [2.45, 2.75) is 0 Å². The number of anilines is 3. The molecule has 0 unspecified atom stereocenters. The van der Waals surface area contributed by atoms with E-state index in [2.05, 4.69) is 155 Å². The van der Waals surface area contributed by atoms with E-state index in [9.17, 15) is 0 Å². The maximum Gasteiger partial charge on any atom is 0.153 e. The van der Waals surface area contributed by atoms with Crippen LogP contribution in [0.2, 0.25) is 0 Å². The number of hydrogen-bond acceptors (Lipinski definition) is 3. The third kappa shape index (κ3) is 4.81. The average Bonchev–Trinajstić information content (AvgIpc) is 3.48. The van der Waals surface area contributed by atoms with Crippen molar-refractivity contribution in [2.75, 3.05) is 4.90 Å². The molecule has 0 amide bonds. The standard InChI is InChI=1S/C41H28N2O/c1-4-11-29(12-5-1)32-18-20-35(21-19-32)43(36-22-23-39-38(28-36)41-40(44-39)17-10-24-42-41)37-26-33(30-13-6-2-7-14-30)25-34(27-37)31-15-8-3-9-16-31/h1-28H. The smallest absolute Gasteiger partial charge is 0.153 e. The van der Waals surface area contributed by atoms with E-state index in [0.29, 0.717) is 0 Å². The number of fused-ring (bicyclic) bond motifs is 3. The highest BCUT2D eigenvalue weighted by molar-refractivity contribution is 6.04. The van der Waals surface area contributed by atoms with E-state index in [4.69, 9.17) is 4.42 Å². The van der Waals surface area contributed by atoms with Crippen LogP contribution in [0.3, 0.4) is 0 Å². The minimum atomic E-state index is 0.788. The second kappa shape index (κ2) is 11.0. The molecule has 0 radical (unpaired) electrons. The van der Waals surface area contributed by atoms with Gasteiger partial charge in [0.15, 0.2) is 5.58 Å². The largest absolute Gasteiger partial charge is 0.454 e. The van der Waals surface area contributed by atoms with E-state index >= 15 is 0 Å². The van der Waals surface area contributed by atoms with Gasteiger partial charge in [-0.1, -0.05) is 103 Å². The van der Waals surface area contributed by atoms with E-state index in [1.165, 1.54) is 22.3 Å². The summed E-state index contributed by atoms with van der Waals surface area (Å²) in [7, 11) is 0. The number of benzene rings is 6. The van der Waals surface area contributed by atoms with Gasteiger partial charge >= 0.3 is 0 Å². The lowest BCUT2D eigenvalue weighted by atomic mass is 9.97. The molecule has 44 heavy (non-hydrogen) atoms. The number of nitrogens with zero attached hydrogens (tertiary/aromatic N) is 2. The van der Waals surface area contributed by atoms with Crippen molar-refractivity contribution in [1.82, 2.24) is 4.98 Å². The van der Waals surface area contributed by atoms with Crippen LogP contribution in [0.1, 0.15) is 0 Å². The van der Waals surface area contributed by atoms with E-state index in [1.54, 1.807) is 0 Å². The lowest BCUT2D eigenvalue weighted by Crippen LogP contribution is -2.10. The van der Waals surface area contributed by atoms with Gasteiger partial charge < -0.3 is 9.32 Å². The van der Waals surface area contributed by atoms with Crippen LogP contribution >= 0.6 is 0 Å². The van der Waals surface area contributed by atoms with Gasteiger partial charge in [-0.3, -0.25) is 4.98 Å². The minimum absolute atomic E-state index is 0.788. The van der Waals surface area contributed by atoms with Crippen LogP contribution in [0, 0.1) is 0 Å². The van der Waals surface area contributed by atoms with Crippen LogP contribution in [0.5, 0.6) is 0 Å². The first-order valence-electron chi connectivity index (χ1n) is 14.8. The highest BCUT2D eigenvalue weighted by Crippen LogP contribution is 2.42. The second-order valence-corrected chi connectivity index (χ2v) is 10.9. The monoisotopic (exact) mass is 564 g/mol. The summed E-state index contributed by atoms with van der Waals surface area (Å²) in [5.74, 6) is 0. The Labute approximate surface area is 256 Å². The van der Waals surface area contributed by atoms with Crippen LogP contribution in [0.25, 0.3) is 55.4 Å². The zero-order valence-corrected chi connectivity index (χ0v) is 24.0. The Bertz CT molecular complexity index is 2150. The molecule has 6 aromatic carbocycles. The molecule has 3 heteroatoms. The summed E-state index contributed by atoms with van der Waals surface area (Å²) in [6.07, 6.45) is 1.82. The molecule has 0 saturated carbocycles. The Hall–Kier alpha value is -5.93. The fourth-order valence-corrected chi connectivity index (χ4v) is 5.94.